The predicted octanol–water partition coefficient (Wildman–Crippen LogP) is 3.08. The zero-order valence-corrected chi connectivity index (χ0v) is 22.1. The van der Waals surface area contributed by atoms with Crippen molar-refractivity contribution in [1.82, 2.24) is 49.0 Å². The molecule has 6 aromatic heterocycles. The zero-order chi connectivity index (χ0) is 25.6. The molecule has 0 saturated heterocycles. The molecule has 0 radical (unpaired) electrons. The maximum atomic E-state index is 9.31. The summed E-state index contributed by atoms with van der Waals surface area (Å²) in [6.45, 7) is 11.3. The van der Waals surface area contributed by atoms with Crippen molar-refractivity contribution in [3.63, 3.8) is 0 Å². The summed E-state index contributed by atoms with van der Waals surface area (Å²) in [6, 6.07) is 13.3. The van der Waals surface area contributed by atoms with Crippen molar-refractivity contribution in [3.05, 3.63) is 90.2 Å². The van der Waals surface area contributed by atoms with Crippen LogP contribution in [0.15, 0.2) is 49.1 Å². The molecule has 6 heterocycles. The summed E-state index contributed by atoms with van der Waals surface area (Å²) in [5.41, 5.74) is 2.68. The van der Waals surface area contributed by atoms with Crippen LogP contribution in [0.4, 0.5) is 5.82 Å². The van der Waals surface area contributed by atoms with Crippen molar-refractivity contribution in [2.45, 2.75) is 19.3 Å². The molecule has 0 saturated carbocycles. The molecule has 0 atom stereocenters. The molecule has 0 spiro atoms. The molecule has 0 aliphatic heterocycles. The SMILES string of the molecule is [C-]#[N+]c1ncnc2c1n[c-]n2-c1cccc(C(C)(C)c2cccc(-n3[c-]nc4c(C#N)ncnc43)n2)n1.[Pt+2]. The molecule has 184 valence electrons. The van der Waals surface area contributed by atoms with E-state index in [-0.39, 0.29) is 32.6 Å². The van der Waals surface area contributed by atoms with Crippen LogP contribution in [0.3, 0.4) is 0 Å². The third kappa shape index (κ3) is 3.88. The Bertz CT molecular complexity index is 1770. The van der Waals surface area contributed by atoms with Crippen LogP contribution in [0.5, 0.6) is 0 Å². The van der Waals surface area contributed by atoms with E-state index in [1.165, 1.54) is 12.7 Å². The predicted molar refractivity (Wildman–Crippen MR) is 130 cm³/mol. The summed E-state index contributed by atoms with van der Waals surface area (Å²) in [5, 5.41) is 9.31. The fraction of sp³-hybridized carbons (Fsp3) is 0.120. The Morgan fingerprint density at radius 1 is 0.842 bits per heavy atom. The summed E-state index contributed by atoms with van der Waals surface area (Å²) in [6.07, 6.45) is 8.38. The number of rotatable bonds is 4. The number of aromatic nitrogens is 10. The van der Waals surface area contributed by atoms with Gasteiger partial charge in [0.15, 0.2) is 6.33 Å². The first-order valence-corrected chi connectivity index (χ1v) is 11.0. The number of fused-ring (bicyclic) bond motifs is 2. The Balaban J connectivity index is 0.00000294. The molecule has 0 amide bonds. The quantitative estimate of drug-likeness (QED) is 0.258. The number of hydrogen-bond acceptors (Lipinski definition) is 9. The molecule has 6 rings (SSSR count). The Labute approximate surface area is 230 Å². The monoisotopic (exact) mass is 677 g/mol. The topological polar surface area (TPSA) is 141 Å². The van der Waals surface area contributed by atoms with Crippen LogP contribution in [0.25, 0.3) is 38.8 Å². The molecule has 0 unspecified atom stereocenters. The molecular weight excluding hydrogens is 663 g/mol. The van der Waals surface area contributed by atoms with E-state index in [1.807, 2.05) is 56.3 Å². The van der Waals surface area contributed by atoms with E-state index in [1.54, 1.807) is 9.13 Å². The van der Waals surface area contributed by atoms with Crippen molar-refractivity contribution >= 4 is 28.1 Å². The van der Waals surface area contributed by atoms with Gasteiger partial charge in [-0.05, 0) is 26.0 Å². The van der Waals surface area contributed by atoms with Crippen molar-refractivity contribution < 1.29 is 21.1 Å². The Morgan fingerprint density at radius 2 is 1.39 bits per heavy atom. The van der Waals surface area contributed by atoms with Crippen LogP contribution < -0.4 is 0 Å². The van der Waals surface area contributed by atoms with Gasteiger partial charge in [0.1, 0.15) is 18.1 Å². The fourth-order valence-electron chi connectivity index (χ4n) is 3.96. The van der Waals surface area contributed by atoms with Crippen molar-refractivity contribution in [3.8, 4) is 17.7 Å². The molecule has 0 aliphatic carbocycles. The van der Waals surface area contributed by atoms with Crippen molar-refractivity contribution in [2.24, 2.45) is 0 Å². The first-order chi connectivity index (χ1) is 18.0. The number of nitrogens with zero attached hydrogens (tertiary/aromatic N) is 12. The Kier molecular flexibility index (Phi) is 6.19. The molecule has 0 aliphatic rings. The van der Waals surface area contributed by atoms with Crippen molar-refractivity contribution in [1.29, 1.82) is 5.26 Å². The van der Waals surface area contributed by atoms with Gasteiger partial charge in [0.05, 0.1) is 11.6 Å². The van der Waals surface area contributed by atoms with Gasteiger partial charge >= 0.3 is 21.1 Å². The van der Waals surface area contributed by atoms with E-state index in [0.717, 1.165) is 11.4 Å². The average molecular weight is 678 g/mol. The molecular formula is C25H14N12Pt. The van der Waals surface area contributed by atoms with Crippen LogP contribution in [0.1, 0.15) is 30.9 Å². The van der Waals surface area contributed by atoms with E-state index in [2.05, 4.69) is 47.4 Å². The van der Waals surface area contributed by atoms with E-state index >= 15 is 0 Å². The standard InChI is InChI=1S/C25H14N12.Pt/c1-25(2,16-6-4-8-18(34-16)36-13-32-20-15(10-26)28-11-30-23(20)36)17-7-5-9-19(35-17)37-14-33-21-22(27-3)29-12-31-24(21)37;/h4-9,11-12H,1-2H3;/q-2;+2. The van der Waals surface area contributed by atoms with E-state index in [0.29, 0.717) is 34.0 Å². The minimum absolute atomic E-state index is 0. The molecule has 13 heteroatoms. The summed E-state index contributed by atoms with van der Waals surface area (Å²) in [7, 11) is 0. The molecule has 0 aromatic carbocycles. The molecule has 38 heavy (non-hydrogen) atoms. The van der Waals surface area contributed by atoms with Gasteiger partial charge in [-0.15, -0.1) is 4.98 Å². The van der Waals surface area contributed by atoms with Gasteiger partial charge in [0.25, 0.3) is 0 Å². The van der Waals surface area contributed by atoms with Crippen LogP contribution in [-0.2, 0) is 26.5 Å². The maximum Gasteiger partial charge on any atom is 2.00 e. The molecule has 0 fully saturated rings. The smallest absolute Gasteiger partial charge is 0.397 e. The first kappa shape index (κ1) is 24.7. The van der Waals surface area contributed by atoms with E-state index in [4.69, 9.17) is 16.5 Å². The second-order valence-corrected chi connectivity index (χ2v) is 8.47. The van der Waals surface area contributed by atoms with Crippen LogP contribution in [0, 0.1) is 30.6 Å². The van der Waals surface area contributed by atoms with Gasteiger partial charge < -0.3 is 23.9 Å². The van der Waals surface area contributed by atoms with Gasteiger partial charge in [-0.1, -0.05) is 30.8 Å². The molecule has 0 bridgehead atoms. The van der Waals surface area contributed by atoms with Gasteiger partial charge in [0, 0.05) is 51.8 Å². The molecule has 12 nitrogen and oxygen atoms in total. The van der Waals surface area contributed by atoms with Gasteiger partial charge in [-0.25, -0.2) is 4.98 Å². The second kappa shape index (κ2) is 9.50. The van der Waals surface area contributed by atoms with Crippen LogP contribution in [-0.4, -0.2) is 49.0 Å². The molecule has 0 N–H and O–H groups in total. The first-order valence-electron chi connectivity index (χ1n) is 11.0. The number of imidazole rings is 2. The van der Waals surface area contributed by atoms with Crippen LogP contribution in [0.2, 0.25) is 0 Å². The zero-order valence-electron chi connectivity index (χ0n) is 19.8. The van der Waals surface area contributed by atoms with Crippen molar-refractivity contribution in [2.75, 3.05) is 0 Å². The van der Waals surface area contributed by atoms with Crippen LogP contribution >= 0.6 is 0 Å². The summed E-state index contributed by atoms with van der Waals surface area (Å²) < 4.78 is 3.21. The number of pyridine rings is 2. The largest absolute Gasteiger partial charge is 2.00 e. The number of nitriles is 1. The fourth-order valence-corrected chi connectivity index (χ4v) is 3.96. The van der Waals surface area contributed by atoms with E-state index < -0.39 is 5.41 Å². The summed E-state index contributed by atoms with van der Waals surface area (Å²) in [5.74, 6) is 1.26. The summed E-state index contributed by atoms with van der Waals surface area (Å²) >= 11 is 0. The minimum atomic E-state index is -0.609. The minimum Gasteiger partial charge on any atom is -0.397 e. The number of hydrogen-bond donors (Lipinski definition) is 0. The normalized spacial score (nSPS) is 11.2. The third-order valence-corrected chi connectivity index (χ3v) is 5.95. The van der Waals surface area contributed by atoms with E-state index in [9.17, 15) is 5.26 Å². The Hall–Kier alpha value is -4.93. The van der Waals surface area contributed by atoms with Gasteiger partial charge in [-0.3, -0.25) is 19.9 Å². The maximum absolute atomic E-state index is 9.31. The summed E-state index contributed by atoms with van der Waals surface area (Å²) in [4.78, 5) is 38.0. The Morgan fingerprint density at radius 3 is 1.97 bits per heavy atom. The van der Waals surface area contributed by atoms with Gasteiger partial charge in [-0.2, -0.15) is 5.26 Å². The second-order valence-electron chi connectivity index (χ2n) is 8.47. The third-order valence-electron chi connectivity index (χ3n) is 5.95. The molecule has 6 aromatic rings. The van der Waals surface area contributed by atoms with Gasteiger partial charge in [0.2, 0.25) is 5.82 Å². The average Bonchev–Trinajstić information content (AvgIpc) is 3.58.